The number of aliphatic hydroxyl groups excluding tert-OH is 1. The third kappa shape index (κ3) is 5.31. The molecule has 0 aliphatic rings. The van der Waals surface area contributed by atoms with Gasteiger partial charge in [-0.3, -0.25) is 0 Å². The van der Waals surface area contributed by atoms with Crippen molar-refractivity contribution in [2.45, 2.75) is 13.1 Å². The Kier molecular flexibility index (Phi) is 7.98. The molecule has 7 heteroatoms. The molecule has 4 rings (SSSR count). The van der Waals surface area contributed by atoms with Gasteiger partial charge in [0, 0.05) is 7.11 Å². The predicted octanol–water partition coefficient (Wildman–Crippen LogP) is 2.92. The summed E-state index contributed by atoms with van der Waals surface area (Å²) in [5.74, 6) is 0. The Morgan fingerprint density at radius 3 is 1.20 bits per heavy atom. The molecule has 0 fully saturated rings. The van der Waals surface area contributed by atoms with Crippen LogP contribution in [0.5, 0.6) is 0 Å². The van der Waals surface area contributed by atoms with Crippen molar-refractivity contribution in [1.82, 2.24) is 0 Å². The minimum absolute atomic E-state index is 0.170. The fraction of sp³-hybridized carbons (Fsp3) is 0.143. The molecule has 4 aromatic carbocycles. The minimum Gasteiger partial charge on any atom is -0.422 e. The molecule has 0 aliphatic heterocycles. The average Bonchev–Trinajstić information content (AvgIpc) is 2.94. The Morgan fingerprint density at radius 1 is 0.543 bits per heavy atom. The maximum absolute atomic E-state index is 10.4. The van der Waals surface area contributed by atoms with Gasteiger partial charge in [0.05, 0.1) is 6.23 Å². The van der Waals surface area contributed by atoms with Crippen LogP contribution in [-0.4, -0.2) is 43.9 Å². The van der Waals surface area contributed by atoms with Gasteiger partial charge in [0.1, 0.15) is 0 Å². The van der Waals surface area contributed by atoms with Crippen LogP contribution in [0, 0.1) is 0 Å². The highest BCUT2D eigenvalue weighted by Gasteiger charge is 2.54. The maximum Gasteiger partial charge on any atom is 0.388 e. The van der Waals surface area contributed by atoms with Crippen LogP contribution in [0.4, 0.5) is 0 Å². The van der Waals surface area contributed by atoms with Crippen LogP contribution in [0.3, 0.4) is 0 Å². The SMILES string of the molecule is CO[Si](C)(CO)O[Si](O[Si](C)(c1ccccc1)c1ccccc1)(c1ccccc1)c1ccccc1. The second-order valence-electron chi connectivity index (χ2n) is 8.81. The molecule has 0 spiro atoms. The summed E-state index contributed by atoms with van der Waals surface area (Å²) < 4.78 is 20.5. The zero-order valence-corrected chi connectivity index (χ0v) is 23.4. The highest BCUT2D eigenvalue weighted by atomic mass is 28.5. The van der Waals surface area contributed by atoms with E-state index in [0.717, 1.165) is 20.7 Å². The lowest BCUT2D eigenvalue weighted by atomic mass is 10.4. The van der Waals surface area contributed by atoms with Gasteiger partial charge in [0.2, 0.25) is 8.32 Å². The first kappa shape index (κ1) is 25.5. The maximum atomic E-state index is 10.4. The number of benzene rings is 4. The molecular formula is C28H32O4Si3. The van der Waals surface area contributed by atoms with Gasteiger partial charge in [0.25, 0.3) is 0 Å². The van der Waals surface area contributed by atoms with Gasteiger partial charge < -0.3 is 17.8 Å². The Bertz CT molecular complexity index is 1110. The van der Waals surface area contributed by atoms with Gasteiger partial charge in [-0.1, -0.05) is 121 Å². The Balaban J connectivity index is 2.01. The topological polar surface area (TPSA) is 47.9 Å². The van der Waals surface area contributed by atoms with Crippen LogP contribution in [0.15, 0.2) is 121 Å². The minimum atomic E-state index is -3.39. The molecule has 35 heavy (non-hydrogen) atoms. The van der Waals surface area contributed by atoms with E-state index in [1.165, 1.54) is 0 Å². The smallest absolute Gasteiger partial charge is 0.388 e. The van der Waals surface area contributed by atoms with E-state index >= 15 is 0 Å². The summed E-state index contributed by atoms with van der Waals surface area (Å²) in [6, 6.07) is 41.2. The second-order valence-corrected chi connectivity index (χ2v) is 19.0. The van der Waals surface area contributed by atoms with Gasteiger partial charge in [-0.25, -0.2) is 0 Å². The monoisotopic (exact) mass is 516 g/mol. The molecule has 180 valence electrons. The summed E-state index contributed by atoms with van der Waals surface area (Å²) in [6.45, 7) is 4.13. The number of rotatable bonds is 10. The van der Waals surface area contributed by atoms with Crippen molar-refractivity contribution in [1.29, 1.82) is 0 Å². The van der Waals surface area contributed by atoms with Crippen molar-refractivity contribution in [3.05, 3.63) is 121 Å². The molecule has 1 unspecified atom stereocenters. The van der Waals surface area contributed by atoms with Crippen molar-refractivity contribution < 1.29 is 17.8 Å². The van der Waals surface area contributed by atoms with Gasteiger partial charge in [0.15, 0.2) is 0 Å². The van der Waals surface area contributed by atoms with Crippen molar-refractivity contribution in [2.75, 3.05) is 13.3 Å². The summed E-state index contributed by atoms with van der Waals surface area (Å²) in [5.41, 5.74) is 0. The number of aliphatic hydroxyl groups is 1. The molecule has 0 aliphatic carbocycles. The molecule has 4 nitrogen and oxygen atoms in total. The molecule has 0 bridgehead atoms. The third-order valence-electron chi connectivity index (χ3n) is 6.38. The first-order chi connectivity index (χ1) is 17.0. The average molecular weight is 517 g/mol. The lowest BCUT2D eigenvalue weighted by molar-refractivity contribution is 0.228. The van der Waals surface area contributed by atoms with Crippen molar-refractivity contribution in [2.24, 2.45) is 0 Å². The molecule has 0 amide bonds. The quantitative estimate of drug-likeness (QED) is 0.329. The van der Waals surface area contributed by atoms with E-state index in [1.807, 2.05) is 55.1 Å². The molecule has 4 aromatic rings. The summed E-state index contributed by atoms with van der Waals surface area (Å²) in [5, 5.41) is 14.7. The zero-order valence-electron chi connectivity index (χ0n) is 20.4. The van der Waals surface area contributed by atoms with E-state index in [4.69, 9.17) is 12.7 Å². The fourth-order valence-corrected chi connectivity index (χ4v) is 16.7. The van der Waals surface area contributed by atoms with Gasteiger partial charge >= 0.3 is 17.1 Å². The van der Waals surface area contributed by atoms with E-state index in [0.29, 0.717) is 0 Å². The van der Waals surface area contributed by atoms with Crippen LogP contribution in [0.25, 0.3) is 0 Å². The summed E-state index contributed by atoms with van der Waals surface area (Å²) in [7, 11) is -7.57. The summed E-state index contributed by atoms with van der Waals surface area (Å²) in [4.78, 5) is 0. The summed E-state index contributed by atoms with van der Waals surface area (Å²) >= 11 is 0. The standard InChI is InChI=1S/C28H32O4Si3/c1-30-33(2,24-29)31-35(27-20-12-6-13-21-27,28-22-14-7-15-23-28)32-34(3,25-16-8-4-9-17-25)26-18-10-5-11-19-26/h4-23,29H,24H2,1-3H3. The van der Waals surface area contributed by atoms with E-state index in [2.05, 4.69) is 79.3 Å². The Labute approximate surface area is 211 Å². The van der Waals surface area contributed by atoms with Crippen molar-refractivity contribution >= 4 is 46.2 Å². The molecule has 0 saturated heterocycles. The fourth-order valence-electron chi connectivity index (χ4n) is 4.27. The lowest BCUT2D eigenvalue weighted by Gasteiger charge is -2.44. The molecule has 1 N–H and O–H groups in total. The zero-order chi connectivity index (χ0) is 24.8. The Hall–Kier alpha value is -2.63. The van der Waals surface area contributed by atoms with E-state index in [1.54, 1.807) is 7.11 Å². The molecule has 0 aromatic heterocycles. The first-order valence-electron chi connectivity index (χ1n) is 11.7. The van der Waals surface area contributed by atoms with Crippen molar-refractivity contribution in [3.63, 3.8) is 0 Å². The first-order valence-corrected chi connectivity index (χ1v) is 18.5. The number of hydrogen-bond donors (Lipinski definition) is 1. The van der Waals surface area contributed by atoms with Crippen LogP contribution in [0.1, 0.15) is 0 Å². The summed E-state index contributed by atoms with van der Waals surface area (Å²) in [6.07, 6.45) is -0.170. The molecule has 0 saturated carbocycles. The number of hydrogen-bond acceptors (Lipinski definition) is 4. The predicted molar refractivity (Wildman–Crippen MR) is 150 cm³/mol. The van der Waals surface area contributed by atoms with E-state index < -0.39 is 25.4 Å². The molecule has 0 heterocycles. The van der Waals surface area contributed by atoms with Crippen LogP contribution >= 0.6 is 0 Å². The second kappa shape index (κ2) is 11.0. The Morgan fingerprint density at radius 2 is 0.886 bits per heavy atom. The highest BCUT2D eigenvalue weighted by molar-refractivity contribution is 7.08. The van der Waals surface area contributed by atoms with Crippen LogP contribution in [0.2, 0.25) is 13.1 Å². The van der Waals surface area contributed by atoms with Gasteiger partial charge in [-0.2, -0.15) is 0 Å². The largest absolute Gasteiger partial charge is 0.422 e. The third-order valence-corrected chi connectivity index (χ3v) is 18.5. The molecule has 1 atom stereocenters. The normalized spacial score (nSPS) is 13.8. The van der Waals surface area contributed by atoms with Gasteiger partial charge in [-0.05, 0) is 33.8 Å². The van der Waals surface area contributed by atoms with Crippen LogP contribution in [-0.2, 0) is 12.7 Å². The highest BCUT2D eigenvalue weighted by Crippen LogP contribution is 2.22. The van der Waals surface area contributed by atoms with Crippen molar-refractivity contribution in [3.8, 4) is 0 Å². The van der Waals surface area contributed by atoms with Crippen LogP contribution < -0.4 is 20.7 Å². The van der Waals surface area contributed by atoms with E-state index in [-0.39, 0.29) is 6.23 Å². The molecule has 0 radical (unpaired) electrons. The molecular weight excluding hydrogens is 485 g/mol. The van der Waals surface area contributed by atoms with E-state index in [9.17, 15) is 5.11 Å². The van der Waals surface area contributed by atoms with Gasteiger partial charge in [-0.15, -0.1) is 0 Å². The lowest BCUT2D eigenvalue weighted by Crippen LogP contribution is -2.75.